The number of nitrogens with one attached hydrogen (secondary N) is 2. The van der Waals surface area contributed by atoms with Gasteiger partial charge in [0.15, 0.2) is 0 Å². The van der Waals surface area contributed by atoms with Crippen LogP contribution in [0.25, 0.3) is 10.9 Å². The number of para-hydroxylation sites is 1. The quantitative estimate of drug-likeness (QED) is 0.727. The van der Waals surface area contributed by atoms with E-state index in [1.165, 1.54) is 0 Å². The van der Waals surface area contributed by atoms with Crippen molar-refractivity contribution in [1.82, 2.24) is 9.97 Å². The molecule has 1 aromatic heterocycles. The van der Waals surface area contributed by atoms with E-state index in [0.29, 0.717) is 29.9 Å². The van der Waals surface area contributed by atoms with Crippen molar-refractivity contribution in [3.63, 3.8) is 0 Å². The van der Waals surface area contributed by atoms with E-state index in [-0.39, 0.29) is 11.6 Å². The van der Waals surface area contributed by atoms with Gasteiger partial charge in [-0.1, -0.05) is 24.3 Å². The Bertz CT molecular complexity index is 889. The van der Waals surface area contributed by atoms with Gasteiger partial charge in [0.2, 0.25) is 0 Å². The molecule has 24 heavy (non-hydrogen) atoms. The van der Waals surface area contributed by atoms with Gasteiger partial charge < -0.3 is 15.0 Å². The van der Waals surface area contributed by atoms with Gasteiger partial charge in [-0.25, -0.2) is 4.98 Å². The maximum atomic E-state index is 12.2. The number of hydrogen-bond acceptors (Lipinski definition) is 4. The Labute approximate surface area is 140 Å². The summed E-state index contributed by atoms with van der Waals surface area (Å²) in [6.07, 6.45) is 0. The first kappa shape index (κ1) is 16.2. The maximum absolute atomic E-state index is 12.2. The normalized spacial score (nSPS) is 12.2. The van der Waals surface area contributed by atoms with Gasteiger partial charge in [-0.2, -0.15) is 0 Å². The predicted octanol–water partition coefficient (Wildman–Crippen LogP) is 3.63. The van der Waals surface area contributed by atoms with Crippen molar-refractivity contribution in [3.05, 3.63) is 70.3 Å². The number of H-pyrrole nitrogens is 1. The lowest BCUT2D eigenvalue weighted by Crippen LogP contribution is -2.17. The molecular weight excluding hydrogens is 302 g/mol. The van der Waals surface area contributed by atoms with Crippen molar-refractivity contribution in [2.75, 3.05) is 11.9 Å². The number of benzene rings is 2. The first-order valence-corrected chi connectivity index (χ1v) is 8.09. The minimum Gasteiger partial charge on any atom is -0.377 e. The molecule has 1 heterocycles. The molecule has 3 aromatic rings. The van der Waals surface area contributed by atoms with Gasteiger partial charge in [-0.05, 0) is 43.7 Å². The minimum atomic E-state index is -0.121. The zero-order valence-corrected chi connectivity index (χ0v) is 13.9. The molecule has 0 radical (unpaired) electrons. The van der Waals surface area contributed by atoms with Crippen LogP contribution in [0.3, 0.4) is 0 Å². The van der Waals surface area contributed by atoms with Crippen LogP contribution in [0.4, 0.5) is 5.69 Å². The fraction of sp³-hybridized carbons (Fsp3) is 0.263. The van der Waals surface area contributed by atoms with Crippen LogP contribution in [-0.2, 0) is 11.3 Å². The third kappa shape index (κ3) is 3.63. The van der Waals surface area contributed by atoms with Crippen molar-refractivity contribution < 1.29 is 4.74 Å². The molecule has 5 heteroatoms. The van der Waals surface area contributed by atoms with Gasteiger partial charge >= 0.3 is 0 Å². The Morgan fingerprint density at radius 1 is 1.21 bits per heavy atom. The Balaban J connectivity index is 1.82. The molecule has 5 nitrogen and oxygen atoms in total. The zero-order chi connectivity index (χ0) is 16.9. The molecule has 2 aromatic carbocycles. The van der Waals surface area contributed by atoms with E-state index in [0.717, 1.165) is 11.3 Å². The van der Waals surface area contributed by atoms with E-state index < -0.39 is 0 Å². The van der Waals surface area contributed by atoms with E-state index in [1.54, 1.807) is 6.07 Å². The standard InChI is InChI=1S/C19H21N3O2/c1-3-24-12-14-7-6-8-15(11-14)20-13(2)18-21-17-10-5-4-9-16(17)19(23)22-18/h4-11,13,20H,3,12H2,1-2H3,(H,21,22,23)/t13-/m1/s1. The molecule has 0 aliphatic heterocycles. The molecule has 0 unspecified atom stereocenters. The van der Waals surface area contributed by atoms with Crippen LogP contribution in [0.2, 0.25) is 0 Å². The van der Waals surface area contributed by atoms with Crippen molar-refractivity contribution >= 4 is 16.6 Å². The molecular formula is C19H21N3O2. The van der Waals surface area contributed by atoms with Crippen molar-refractivity contribution in [2.45, 2.75) is 26.5 Å². The van der Waals surface area contributed by atoms with Gasteiger partial charge in [0, 0.05) is 12.3 Å². The van der Waals surface area contributed by atoms with Gasteiger partial charge in [-0.3, -0.25) is 4.79 Å². The lowest BCUT2D eigenvalue weighted by molar-refractivity contribution is 0.134. The molecule has 0 fully saturated rings. The Hall–Kier alpha value is -2.66. The second kappa shape index (κ2) is 7.27. The highest BCUT2D eigenvalue weighted by molar-refractivity contribution is 5.77. The second-order valence-corrected chi connectivity index (χ2v) is 5.67. The van der Waals surface area contributed by atoms with Crippen molar-refractivity contribution in [2.24, 2.45) is 0 Å². The third-order valence-corrected chi connectivity index (χ3v) is 3.82. The van der Waals surface area contributed by atoms with Crippen molar-refractivity contribution in [3.8, 4) is 0 Å². The molecule has 0 saturated heterocycles. The minimum absolute atomic E-state index is 0.116. The lowest BCUT2D eigenvalue weighted by atomic mass is 10.2. The summed E-state index contributed by atoms with van der Waals surface area (Å²) in [6, 6.07) is 15.3. The molecule has 0 spiro atoms. The molecule has 0 amide bonds. The third-order valence-electron chi connectivity index (χ3n) is 3.82. The van der Waals surface area contributed by atoms with Gasteiger partial charge in [0.05, 0.1) is 23.6 Å². The van der Waals surface area contributed by atoms with Crippen LogP contribution in [0.1, 0.15) is 31.3 Å². The summed E-state index contributed by atoms with van der Waals surface area (Å²) in [7, 11) is 0. The van der Waals surface area contributed by atoms with E-state index in [9.17, 15) is 4.79 Å². The van der Waals surface area contributed by atoms with Crippen LogP contribution in [-0.4, -0.2) is 16.6 Å². The lowest BCUT2D eigenvalue weighted by Gasteiger charge is -2.15. The molecule has 0 aliphatic rings. The van der Waals surface area contributed by atoms with Crippen LogP contribution in [0.15, 0.2) is 53.3 Å². The van der Waals surface area contributed by atoms with E-state index >= 15 is 0 Å². The molecule has 0 aliphatic carbocycles. The van der Waals surface area contributed by atoms with E-state index in [2.05, 4.69) is 15.3 Å². The molecule has 1 atom stereocenters. The number of fused-ring (bicyclic) bond motifs is 1. The van der Waals surface area contributed by atoms with Gasteiger partial charge in [0.1, 0.15) is 5.82 Å². The Morgan fingerprint density at radius 2 is 2.04 bits per heavy atom. The summed E-state index contributed by atoms with van der Waals surface area (Å²) >= 11 is 0. The highest BCUT2D eigenvalue weighted by Crippen LogP contribution is 2.19. The number of anilines is 1. The molecule has 2 N–H and O–H groups in total. The maximum Gasteiger partial charge on any atom is 0.258 e. The number of aromatic amines is 1. The summed E-state index contributed by atoms with van der Waals surface area (Å²) in [5.41, 5.74) is 2.66. The number of hydrogen-bond donors (Lipinski definition) is 2. The van der Waals surface area contributed by atoms with Crippen LogP contribution in [0.5, 0.6) is 0 Å². The summed E-state index contributed by atoms with van der Waals surface area (Å²) in [4.78, 5) is 19.6. The number of ether oxygens (including phenoxy) is 1. The molecule has 3 rings (SSSR count). The zero-order valence-electron chi connectivity index (χ0n) is 13.9. The van der Waals surface area contributed by atoms with Crippen LogP contribution < -0.4 is 10.9 Å². The highest BCUT2D eigenvalue weighted by atomic mass is 16.5. The highest BCUT2D eigenvalue weighted by Gasteiger charge is 2.11. The van der Waals surface area contributed by atoms with E-state index in [1.807, 2.05) is 56.3 Å². The first-order chi connectivity index (χ1) is 11.7. The molecule has 0 saturated carbocycles. The number of rotatable bonds is 6. The predicted molar refractivity (Wildman–Crippen MR) is 96.2 cm³/mol. The number of aromatic nitrogens is 2. The summed E-state index contributed by atoms with van der Waals surface area (Å²) in [6.45, 7) is 5.23. The monoisotopic (exact) mass is 323 g/mol. The Kier molecular flexibility index (Phi) is 4.91. The van der Waals surface area contributed by atoms with Gasteiger partial charge in [-0.15, -0.1) is 0 Å². The molecule has 124 valence electrons. The average Bonchev–Trinajstić information content (AvgIpc) is 2.60. The van der Waals surface area contributed by atoms with Gasteiger partial charge in [0.25, 0.3) is 5.56 Å². The van der Waals surface area contributed by atoms with Crippen LogP contribution in [0, 0.1) is 0 Å². The topological polar surface area (TPSA) is 67.0 Å². The SMILES string of the molecule is CCOCc1cccc(N[C@H](C)c2nc3ccccc3c(=O)[nH]2)c1. The van der Waals surface area contributed by atoms with E-state index in [4.69, 9.17) is 4.74 Å². The second-order valence-electron chi connectivity index (χ2n) is 5.67. The van der Waals surface area contributed by atoms with Crippen molar-refractivity contribution in [1.29, 1.82) is 0 Å². The fourth-order valence-corrected chi connectivity index (χ4v) is 2.60. The number of nitrogens with zero attached hydrogens (tertiary/aromatic N) is 1. The average molecular weight is 323 g/mol. The van der Waals surface area contributed by atoms with Crippen LogP contribution >= 0.6 is 0 Å². The first-order valence-electron chi connectivity index (χ1n) is 8.09. The fourth-order valence-electron chi connectivity index (χ4n) is 2.60. The summed E-state index contributed by atoms with van der Waals surface area (Å²) in [5, 5.41) is 3.98. The smallest absolute Gasteiger partial charge is 0.258 e. The summed E-state index contributed by atoms with van der Waals surface area (Å²) in [5.74, 6) is 0.619. The largest absolute Gasteiger partial charge is 0.377 e. The summed E-state index contributed by atoms with van der Waals surface area (Å²) < 4.78 is 5.44. The molecule has 0 bridgehead atoms. The Morgan fingerprint density at radius 3 is 2.88 bits per heavy atom.